The van der Waals surface area contributed by atoms with Gasteiger partial charge in [-0.2, -0.15) is 0 Å². The maximum absolute atomic E-state index is 9.00. The molecule has 0 saturated heterocycles. The molecule has 0 atom stereocenters. The van der Waals surface area contributed by atoms with Gasteiger partial charge in [-0.15, -0.1) is 0 Å². The number of carboxylic acid groups (broad SMARTS) is 1. The van der Waals surface area contributed by atoms with Crippen molar-refractivity contribution in [3.05, 3.63) is 91.8 Å². The number of aromatic nitrogens is 3. The first-order chi connectivity index (χ1) is 10.7. The largest absolute Gasteiger partial charge is 0.481 e. The van der Waals surface area contributed by atoms with Crippen LogP contribution in [-0.4, -0.2) is 26.0 Å². The normalized spacial score (nSPS) is 7.35. The Hall–Kier alpha value is -2.46. The Balaban J connectivity index is 0. The minimum absolute atomic E-state index is 0. The number of hydrogen-bond acceptors (Lipinski definition) is 4. The second kappa shape index (κ2) is 19.5. The quantitative estimate of drug-likeness (QED) is 0.621. The molecule has 116 valence electrons. The molecule has 0 aromatic carbocycles. The Labute approximate surface area is 149 Å². The van der Waals surface area contributed by atoms with E-state index < -0.39 is 5.97 Å². The molecule has 0 saturated carbocycles. The van der Waals surface area contributed by atoms with Crippen LogP contribution in [0.25, 0.3) is 0 Å². The molecule has 0 aliphatic carbocycles. The molecule has 0 aliphatic heterocycles. The van der Waals surface area contributed by atoms with Crippen LogP contribution in [0, 0.1) is 0 Å². The van der Waals surface area contributed by atoms with E-state index in [4.69, 9.17) is 9.90 Å². The molecule has 0 fully saturated rings. The average Bonchev–Trinajstić information content (AvgIpc) is 2.60. The van der Waals surface area contributed by atoms with Crippen molar-refractivity contribution >= 4 is 5.97 Å². The standard InChI is InChI=1S/3C5H5N.C2H4O2.Zn/c3*1-2-4-6-5-3-1;1-2(3)4;/h3*1-5H;1H3,(H,3,4);. The van der Waals surface area contributed by atoms with Crippen LogP contribution in [-0.2, 0) is 24.3 Å². The summed E-state index contributed by atoms with van der Waals surface area (Å²) in [5.41, 5.74) is 0. The van der Waals surface area contributed by atoms with E-state index in [1.807, 2.05) is 54.6 Å². The molecular weight excluding hydrogens is 344 g/mol. The minimum Gasteiger partial charge on any atom is -0.481 e. The van der Waals surface area contributed by atoms with Gasteiger partial charge in [0.05, 0.1) is 0 Å². The average molecular weight is 363 g/mol. The molecule has 23 heavy (non-hydrogen) atoms. The van der Waals surface area contributed by atoms with Crippen LogP contribution in [0.3, 0.4) is 0 Å². The summed E-state index contributed by atoms with van der Waals surface area (Å²) in [4.78, 5) is 20.4. The number of carboxylic acids is 1. The summed E-state index contributed by atoms with van der Waals surface area (Å²) in [6.45, 7) is 1.08. The number of hydrogen-bond donors (Lipinski definition) is 1. The van der Waals surface area contributed by atoms with Gasteiger partial charge < -0.3 is 5.11 Å². The SMILES string of the molecule is CC(=O)O.[Zn].c1ccncc1.c1ccncc1.c1ccncc1. The molecule has 0 amide bonds. The smallest absolute Gasteiger partial charge is 0.300 e. The van der Waals surface area contributed by atoms with Gasteiger partial charge in [-0.3, -0.25) is 19.7 Å². The second-order valence-electron chi connectivity index (χ2n) is 3.59. The van der Waals surface area contributed by atoms with Crippen molar-refractivity contribution in [1.29, 1.82) is 0 Å². The molecule has 3 rings (SSSR count). The number of nitrogens with zero attached hydrogens (tertiary/aromatic N) is 3. The van der Waals surface area contributed by atoms with Crippen molar-refractivity contribution in [2.75, 3.05) is 0 Å². The van der Waals surface area contributed by atoms with Gasteiger partial charge in [0.25, 0.3) is 5.97 Å². The van der Waals surface area contributed by atoms with Crippen LogP contribution in [0.5, 0.6) is 0 Å². The molecule has 0 radical (unpaired) electrons. The van der Waals surface area contributed by atoms with Crippen LogP contribution in [0.15, 0.2) is 91.8 Å². The number of pyridine rings is 3. The molecule has 0 aliphatic rings. The second-order valence-corrected chi connectivity index (χ2v) is 3.59. The fourth-order valence-corrected chi connectivity index (χ4v) is 0.938. The van der Waals surface area contributed by atoms with Crippen LogP contribution in [0.1, 0.15) is 6.92 Å². The van der Waals surface area contributed by atoms with E-state index >= 15 is 0 Å². The predicted molar refractivity (Wildman–Crippen MR) is 86.0 cm³/mol. The van der Waals surface area contributed by atoms with E-state index in [-0.39, 0.29) is 19.5 Å². The zero-order valence-corrected chi connectivity index (χ0v) is 16.0. The van der Waals surface area contributed by atoms with Gasteiger partial charge >= 0.3 is 0 Å². The first kappa shape index (κ1) is 22.8. The first-order valence-electron chi connectivity index (χ1n) is 6.48. The van der Waals surface area contributed by atoms with E-state index in [2.05, 4.69) is 15.0 Å². The van der Waals surface area contributed by atoms with E-state index in [9.17, 15) is 0 Å². The van der Waals surface area contributed by atoms with Crippen molar-refractivity contribution in [3.8, 4) is 0 Å². The minimum atomic E-state index is -0.833. The molecule has 3 heterocycles. The Bertz CT molecular complexity index is 396. The molecule has 0 spiro atoms. The van der Waals surface area contributed by atoms with Crippen molar-refractivity contribution in [2.45, 2.75) is 6.92 Å². The third-order valence-electron chi connectivity index (χ3n) is 1.70. The summed E-state index contributed by atoms with van der Waals surface area (Å²) in [6, 6.07) is 17.1. The topological polar surface area (TPSA) is 76.0 Å². The van der Waals surface area contributed by atoms with Crippen LogP contribution < -0.4 is 0 Å². The summed E-state index contributed by atoms with van der Waals surface area (Å²) in [5, 5.41) is 7.42. The van der Waals surface area contributed by atoms with Crippen molar-refractivity contribution in [2.24, 2.45) is 0 Å². The third-order valence-corrected chi connectivity index (χ3v) is 1.70. The van der Waals surface area contributed by atoms with Gasteiger partial charge in [-0.25, -0.2) is 0 Å². The van der Waals surface area contributed by atoms with E-state index in [1.54, 1.807) is 37.2 Å². The fraction of sp³-hybridized carbons (Fsp3) is 0.0588. The third kappa shape index (κ3) is 24.9. The molecule has 3 aromatic rings. The molecule has 6 heteroatoms. The summed E-state index contributed by atoms with van der Waals surface area (Å²) in [5.74, 6) is -0.833. The van der Waals surface area contributed by atoms with Crippen LogP contribution in [0.2, 0.25) is 0 Å². The monoisotopic (exact) mass is 361 g/mol. The van der Waals surface area contributed by atoms with Gasteiger partial charge in [-0.05, 0) is 36.4 Å². The molecule has 3 aromatic heterocycles. The van der Waals surface area contributed by atoms with E-state index in [0.717, 1.165) is 6.92 Å². The van der Waals surface area contributed by atoms with Gasteiger partial charge in [-0.1, -0.05) is 18.2 Å². The Morgan fingerprint density at radius 3 is 0.826 bits per heavy atom. The molecule has 0 bridgehead atoms. The molecule has 0 unspecified atom stereocenters. The van der Waals surface area contributed by atoms with Crippen LogP contribution in [0.4, 0.5) is 0 Å². The molecular formula is C17H19N3O2Zn. The maximum atomic E-state index is 9.00. The molecule has 1 N–H and O–H groups in total. The number of rotatable bonds is 0. The summed E-state index contributed by atoms with van der Waals surface area (Å²) in [6.07, 6.45) is 10.5. The Kier molecular flexibility index (Phi) is 19.4. The first-order valence-corrected chi connectivity index (χ1v) is 6.48. The van der Waals surface area contributed by atoms with Crippen molar-refractivity contribution < 1.29 is 29.4 Å². The Morgan fingerprint density at radius 1 is 0.609 bits per heavy atom. The maximum Gasteiger partial charge on any atom is 0.300 e. The molecule has 5 nitrogen and oxygen atoms in total. The number of aliphatic carboxylic acids is 1. The summed E-state index contributed by atoms with van der Waals surface area (Å²) < 4.78 is 0. The number of carbonyl (C=O) groups is 1. The fourth-order valence-electron chi connectivity index (χ4n) is 0.938. The van der Waals surface area contributed by atoms with Gasteiger partial charge in [0.15, 0.2) is 0 Å². The van der Waals surface area contributed by atoms with Gasteiger partial charge in [0.1, 0.15) is 0 Å². The van der Waals surface area contributed by atoms with Crippen LogP contribution >= 0.6 is 0 Å². The van der Waals surface area contributed by atoms with E-state index in [1.165, 1.54) is 0 Å². The van der Waals surface area contributed by atoms with E-state index in [0.29, 0.717) is 0 Å². The summed E-state index contributed by atoms with van der Waals surface area (Å²) >= 11 is 0. The Morgan fingerprint density at radius 2 is 0.783 bits per heavy atom. The predicted octanol–water partition coefficient (Wildman–Crippen LogP) is 3.33. The van der Waals surface area contributed by atoms with Crippen molar-refractivity contribution in [3.63, 3.8) is 0 Å². The zero-order chi connectivity index (χ0) is 16.3. The van der Waals surface area contributed by atoms with Crippen molar-refractivity contribution in [1.82, 2.24) is 15.0 Å². The summed E-state index contributed by atoms with van der Waals surface area (Å²) in [7, 11) is 0. The zero-order valence-electron chi connectivity index (χ0n) is 13.1. The van der Waals surface area contributed by atoms with Gasteiger partial charge in [0.2, 0.25) is 0 Å². The van der Waals surface area contributed by atoms with Gasteiger partial charge in [0, 0.05) is 63.6 Å².